The van der Waals surface area contributed by atoms with E-state index >= 15 is 0 Å². The van der Waals surface area contributed by atoms with Crippen LogP contribution in [0, 0.1) is 0 Å². The molecule has 3 aromatic rings. The van der Waals surface area contributed by atoms with Crippen molar-refractivity contribution in [3.05, 3.63) is 52.7 Å². The van der Waals surface area contributed by atoms with E-state index in [1.807, 2.05) is 36.6 Å². The van der Waals surface area contributed by atoms with Crippen LogP contribution in [0.5, 0.6) is 0 Å². The monoisotopic (exact) mass is 342 g/mol. The second kappa shape index (κ2) is 7.69. The summed E-state index contributed by atoms with van der Waals surface area (Å²) >= 11 is 1.60. The maximum Gasteiger partial charge on any atom is 0.315 e. The number of rotatable bonds is 6. The van der Waals surface area contributed by atoms with Crippen LogP contribution >= 0.6 is 11.3 Å². The van der Waals surface area contributed by atoms with E-state index in [0.717, 1.165) is 16.1 Å². The number of nitrogens with zero attached hydrogens (tertiary/aromatic N) is 3. The Kier molecular flexibility index (Phi) is 5.17. The minimum atomic E-state index is -0.191. The van der Waals surface area contributed by atoms with Crippen molar-refractivity contribution in [2.24, 2.45) is 0 Å². The number of hydrogen-bond acceptors (Lipinski definition) is 5. The quantitative estimate of drug-likeness (QED) is 0.641. The van der Waals surface area contributed by atoms with Crippen LogP contribution in [-0.2, 0) is 6.54 Å². The number of thiazole rings is 1. The molecule has 0 unspecified atom stereocenters. The molecule has 0 saturated heterocycles. The van der Waals surface area contributed by atoms with Gasteiger partial charge in [0, 0.05) is 36.1 Å². The summed E-state index contributed by atoms with van der Waals surface area (Å²) in [7, 11) is 0. The number of nitrogens with one attached hydrogen (secondary N) is 3. The third kappa shape index (κ3) is 4.17. The average Bonchev–Trinajstić information content (AvgIpc) is 3.31. The third-order valence-corrected chi connectivity index (χ3v) is 4.52. The van der Waals surface area contributed by atoms with E-state index in [1.54, 1.807) is 17.5 Å². The fraction of sp³-hybridized carbons (Fsp3) is 0.250. The number of aromatic nitrogens is 4. The Morgan fingerprint density at radius 2 is 2.25 bits per heavy atom. The fourth-order valence-electron chi connectivity index (χ4n) is 2.23. The highest BCUT2D eigenvalue weighted by Gasteiger charge is 2.10. The molecule has 1 aromatic carbocycles. The zero-order valence-corrected chi connectivity index (χ0v) is 14.0. The molecule has 2 aromatic heterocycles. The van der Waals surface area contributed by atoms with Gasteiger partial charge in [0.15, 0.2) is 5.82 Å². The van der Waals surface area contributed by atoms with Crippen LogP contribution in [0.15, 0.2) is 42.2 Å². The van der Waals surface area contributed by atoms with Crippen molar-refractivity contribution in [2.45, 2.75) is 19.4 Å². The first-order chi connectivity index (χ1) is 11.7. The molecular weight excluding hydrogens is 324 g/mol. The van der Waals surface area contributed by atoms with Crippen molar-refractivity contribution < 1.29 is 4.79 Å². The molecule has 7 nitrogen and oxygen atoms in total. The van der Waals surface area contributed by atoms with E-state index in [-0.39, 0.29) is 11.9 Å². The summed E-state index contributed by atoms with van der Waals surface area (Å²) in [5, 5.41) is 15.4. The molecule has 8 heteroatoms. The highest BCUT2D eigenvalue weighted by molar-refractivity contribution is 7.09. The molecule has 3 rings (SSSR count). The number of benzene rings is 1. The molecule has 0 aliphatic rings. The second-order valence-corrected chi connectivity index (χ2v) is 6.30. The van der Waals surface area contributed by atoms with Crippen molar-refractivity contribution in [3.63, 3.8) is 0 Å². The van der Waals surface area contributed by atoms with Crippen LogP contribution in [-0.4, -0.2) is 32.7 Å². The SMILES string of the molecule is C[C@@H](CNC(=O)NCc1cccc(-c2ncn[nH]2)c1)c1nccs1. The summed E-state index contributed by atoms with van der Waals surface area (Å²) in [4.78, 5) is 20.3. The first-order valence-electron chi connectivity index (χ1n) is 7.58. The van der Waals surface area contributed by atoms with Crippen LogP contribution < -0.4 is 10.6 Å². The number of aromatic amines is 1. The van der Waals surface area contributed by atoms with Crippen LogP contribution in [0.1, 0.15) is 23.4 Å². The maximum atomic E-state index is 11.9. The molecule has 0 aliphatic carbocycles. The number of H-pyrrole nitrogens is 1. The molecule has 0 saturated carbocycles. The highest BCUT2D eigenvalue weighted by Crippen LogP contribution is 2.16. The first kappa shape index (κ1) is 16.1. The van der Waals surface area contributed by atoms with E-state index < -0.39 is 0 Å². The van der Waals surface area contributed by atoms with Gasteiger partial charge in [0.1, 0.15) is 6.33 Å². The Labute approximate surface area is 143 Å². The average molecular weight is 342 g/mol. The summed E-state index contributed by atoms with van der Waals surface area (Å²) in [5.74, 6) is 0.907. The van der Waals surface area contributed by atoms with E-state index in [9.17, 15) is 4.79 Å². The van der Waals surface area contributed by atoms with Gasteiger partial charge in [-0.1, -0.05) is 25.1 Å². The van der Waals surface area contributed by atoms with Gasteiger partial charge in [0.2, 0.25) is 0 Å². The van der Waals surface area contributed by atoms with Gasteiger partial charge >= 0.3 is 6.03 Å². The Morgan fingerprint density at radius 3 is 3.00 bits per heavy atom. The number of carbonyl (C=O) groups is 1. The Morgan fingerprint density at radius 1 is 1.33 bits per heavy atom. The van der Waals surface area contributed by atoms with Gasteiger partial charge in [-0.05, 0) is 11.6 Å². The van der Waals surface area contributed by atoms with Gasteiger partial charge in [-0.25, -0.2) is 14.8 Å². The van der Waals surface area contributed by atoms with Gasteiger partial charge in [0.05, 0.1) is 5.01 Å². The lowest BCUT2D eigenvalue weighted by atomic mass is 10.1. The Bertz CT molecular complexity index is 772. The molecule has 0 fully saturated rings. The lowest BCUT2D eigenvalue weighted by Gasteiger charge is -2.11. The van der Waals surface area contributed by atoms with Gasteiger partial charge in [-0.15, -0.1) is 11.3 Å². The first-order valence-corrected chi connectivity index (χ1v) is 8.46. The standard InChI is InChI=1S/C16H18N6OS/c1-11(15-17-5-6-24-15)8-18-16(23)19-9-12-3-2-4-13(7-12)14-20-10-21-22-14/h2-7,10-11H,8-9H2,1H3,(H2,18,19,23)(H,20,21,22)/t11-/m0/s1. The van der Waals surface area contributed by atoms with Crippen LogP contribution in [0.2, 0.25) is 0 Å². The number of carbonyl (C=O) groups excluding carboxylic acids is 1. The summed E-state index contributed by atoms with van der Waals surface area (Å²) < 4.78 is 0. The smallest absolute Gasteiger partial charge is 0.315 e. The highest BCUT2D eigenvalue weighted by atomic mass is 32.1. The predicted molar refractivity (Wildman–Crippen MR) is 92.6 cm³/mol. The van der Waals surface area contributed by atoms with E-state index in [2.05, 4.69) is 30.8 Å². The molecule has 24 heavy (non-hydrogen) atoms. The fourth-order valence-corrected chi connectivity index (χ4v) is 2.93. The van der Waals surface area contributed by atoms with Crippen LogP contribution in [0.25, 0.3) is 11.4 Å². The summed E-state index contributed by atoms with van der Waals surface area (Å²) in [6.45, 7) is 3.04. The molecule has 0 bridgehead atoms. The van der Waals surface area contributed by atoms with Crippen molar-refractivity contribution in [1.29, 1.82) is 0 Å². The second-order valence-electron chi connectivity index (χ2n) is 5.37. The van der Waals surface area contributed by atoms with Crippen molar-refractivity contribution in [1.82, 2.24) is 30.8 Å². The molecular formula is C16H18N6OS. The molecule has 3 N–H and O–H groups in total. The Balaban J connectivity index is 1.49. The summed E-state index contributed by atoms with van der Waals surface area (Å²) in [5.41, 5.74) is 1.93. The minimum absolute atomic E-state index is 0.191. The molecule has 2 amide bonds. The number of urea groups is 1. The zero-order valence-electron chi connectivity index (χ0n) is 13.2. The molecule has 0 spiro atoms. The third-order valence-electron chi connectivity index (χ3n) is 3.51. The van der Waals surface area contributed by atoms with Crippen molar-refractivity contribution >= 4 is 17.4 Å². The van der Waals surface area contributed by atoms with Crippen LogP contribution in [0.3, 0.4) is 0 Å². The maximum absolute atomic E-state index is 11.9. The largest absolute Gasteiger partial charge is 0.337 e. The molecule has 0 radical (unpaired) electrons. The van der Waals surface area contributed by atoms with E-state index in [1.165, 1.54) is 6.33 Å². The van der Waals surface area contributed by atoms with Gasteiger partial charge < -0.3 is 10.6 Å². The zero-order chi connectivity index (χ0) is 16.8. The van der Waals surface area contributed by atoms with Crippen LogP contribution in [0.4, 0.5) is 4.79 Å². The summed E-state index contributed by atoms with van der Waals surface area (Å²) in [6, 6.07) is 7.61. The lowest BCUT2D eigenvalue weighted by molar-refractivity contribution is 0.240. The predicted octanol–water partition coefficient (Wildman–Crippen LogP) is 2.53. The lowest BCUT2D eigenvalue weighted by Crippen LogP contribution is -2.37. The summed E-state index contributed by atoms with van der Waals surface area (Å²) in [6.07, 6.45) is 3.25. The number of hydrogen-bond donors (Lipinski definition) is 3. The van der Waals surface area contributed by atoms with Gasteiger partial charge in [0.25, 0.3) is 0 Å². The minimum Gasteiger partial charge on any atom is -0.337 e. The molecule has 0 aliphatic heterocycles. The molecule has 1 atom stereocenters. The van der Waals surface area contributed by atoms with Crippen molar-refractivity contribution in [2.75, 3.05) is 6.54 Å². The normalized spacial score (nSPS) is 11.9. The molecule has 2 heterocycles. The topological polar surface area (TPSA) is 95.6 Å². The van der Waals surface area contributed by atoms with E-state index in [0.29, 0.717) is 18.9 Å². The number of amides is 2. The van der Waals surface area contributed by atoms with Gasteiger partial charge in [-0.2, -0.15) is 5.10 Å². The van der Waals surface area contributed by atoms with Crippen molar-refractivity contribution in [3.8, 4) is 11.4 Å². The van der Waals surface area contributed by atoms with Gasteiger partial charge in [-0.3, -0.25) is 5.10 Å². The Hall–Kier alpha value is -2.74. The van der Waals surface area contributed by atoms with E-state index in [4.69, 9.17) is 0 Å². The molecule has 124 valence electrons.